The Morgan fingerprint density at radius 1 is 1.15 bits per heavy atom. The molecule has 0 aliphatic heterocycles. The largest absolute Gasteiger partial charge is 0.261 e. The van der Waals surface area contributed by atoms with E-state index in [1.165, 1.54) is 29.6 Å². The maximum atomic E-state index is 4.64. The summed E-state index contributed by atoms with van der Waals surface area (Å²) in [6.07, 6.45) is 10.9. The first-order valence-corrected chi connectivity index (χ1v) is 8.09. The monoisotopic (exact) mass is 275 g/mol. The van der Waals surface area contributed by atoms with Gasteiger partial charge in [-0.25, -0.2) is 0 Å². The number of hydrogen-bond donors (Lipinski definition) is 0. The lowest BCUT2D eigenvalue weighted by Gasteiger charge is -2.20. The van der Waals surface area contributed by atoms with Crippen LogP contribution in [-0.2, 0) is 0 Å². The van der Waals surface area contributed by atoms with E-state index in [1.807, 2.05) is 6.20 Å². The molecule has 0 N–H and O–H groups in total. The van der Waals surface area contributed by atoms with Gasteiger partial charge in [-0.15, -0.1) is 0 Å². The Morgan fingerprint density at radius 3 is 2.25 bits per heavy atom. The second kappa shape index (κ2) is 10.7. The zero-order valence-corrected chi connectivity index (χ0v) is 14.6. The minimum Gasteiger partial charge on any atom is -0.261 e. The van der Waals surface area contributed by atoms with Crippen molar-refractivity contribution in [1.29, 1.82) is 0 Å². The molecule has 0 fully saturated rings. The van der Waals surface area contributed by atoms with Crippen molar-refractivity contribution >= 4 is 5.71 Å². The summed E-state index contributed by atoms with van der Waals surface area (Å²) in [5, 5.41) is 0. The van der Waals surface area contributed by atoms with Crippen LogP contribution in [0.15, 0.2) is 40.1 Å². The Kier molecular flexibility index (Phi) is 10.1. The van der Waals surface area contributed by atoms with Gasteiger partial charge in [0.25, 0.3) is 0 Å². The molecule has 0 saturated heterocycles. The molecule has 0 aromatic rings. The summed E-state index contributed by atoms with van der Waals surface area (Å²) in [7, 11) is 0. The molecule has 0 aliphatic carbocycles. The molecule has 20 heavy (non-hydrogen) atoms. The summed E-state index contributed by atoms with van der Waals surface area (Å²) in [4.78, 5) is 4.64. The lowest BCUT2D eigenvalue weighted by atomic mass is 9.85. The molecule has 1 unspecified atom stereocenters. The van der Waals surface area contributed by atoms with Gasteiger partial charge < -0.3 is 0 Å². The molecule has 0 aromatic carbocycles. The molecular formula is C19H33N. The van der Waals surface area contributed by atoms with E-state index in [-0.39, 0.29) is 0 Å². The molecule has 0 bridgehead atoms. The number of hydrogen-bond acceptors (Lipinski definition) is 1. The number of allylic oxidation sites excluding steroid dienone is 5. The van der Waals surface area contributed by atoms with Gasteiger partial charge in [0, 0.05) is 11.9 Å². The van der Waals surface area contributed by atoms with Gasteiger partial charge in [0.1, 0.15) is 0 Å². The van der Waals surface area contributed by atoms with Crippen LogP contribution in [0.2, 0.25) is 0 Å². The van der Waals surface area contributed by atoms with Crippen LogP contribution in [0.5, 0.6) is 0 Å². The molecule has 0 heterocycles. The third kappa shape index (κ3) is 5.90. The molecule has 1 atom stereocenters. The first kappa shape index (κ1) is 18.9. The van der Waals surface area contributed by atoms with Gasteiger partial charge in [-0.2, -0.15) is 0 Å². The summed E-state index contributed by atoms with van der Waals surface area (Å²) >= 11 is 0. The van der Waals surface area contributed by atoms with Crippen LogP contribution in [0, 0.1) is 5.92 Å². The van der Waals surface area contributed by atoms with Gasteiger partial charge in [0.2, 0.25) is 0 Å². The van der Waals surface area contributed by atoms with Crippen LogP contribution < -0.4 is 0 Å². The molecule has 114 valence electrons. The predicted octanol–water partition coefficient (Wildman–Crippen LogP) is 6.48. The lowest BCUT2D eigenvalue weighted by Crippen LogP contribution is -2.10. The molecular weight excluding hydrogens is 242 g/mol. The molecule has 1 heteroatoms. The molecule has 0 spiro atoms. The van der Waals surface area contributed by atoms with Crippen molar-refractivity contribution in [2.45, 2.75) is 74.1 Å². The van der Waals surface area contributed by atoms with Crippen LogP contribution >= 0.6 is 0 Å². The van der Waals surface area contributed by atoms with Crippen molar-refractivity contribution < 1.29 is 0 Å². The zero-order chi connectivity index (χ0) is 15.5. The van der Waals surface area contributed by atoms with Crippen LogP contribution in [0.25, 0.3) is 0 Å². The molecule has 0 saturated carbocycles. The minimum atomic E-state index is 0.585. The highest BCUT2D eigenvalue weighted by Gasteiger charge is 2.16. The van der Waals surface area contributed by atoms with Gasteiger partial charge in [-0.1, -0.05) is 51.8 Å². The van der Waals surface area contributed by atoms with E-state index in [1.54, 1.807) is 0 Å². The second-order valence-electron chi connectivity index (χ2n) is 5.47. The average Bonchev–Trinajstić information content (AvgIpc) is 2.43. The first-order valence-electron chi connectivity index (χ1n) is 8.09. The third-order valence-electron chi connectivity index (χ3n) is 3.77. The highest BCUT2D eigenvalue weighted by molar-refractivity contribution is 6.03. The summed E-state index contributed by atoms with van der Waals surface area (Å²) in [6.45, 7) is 15.5. The lowest BCUT2D eigenvalue weighted by molar-refractivity contribution is 0.662. The number of nitrogens with zero attached hydrogens (tertiary/aromatic N) is 1. The fraction of sp³-hybridized carbons (Fsp3) is 0.632. The maximum absolute atomic E-state index is 4.64. The Balaban J connectivity index is 5.67. The Morgan fingerprint density at radius 2 is 1.80 bits per heavy atom. The van der Waals surface area contributed by atoms with Gasteiger partial charge in [-0.3, -0.25) is 4.99 Å². The van der Waals surface area contributed by atoms with Gasteiger partial charge >= 0.3 is 0 Å². The predicted molar refractivity (Wildman–Crippen MR) is 93.4 cm³/mol. The Labute approximate surface area is 126 Å². The quantitative estimate of drug-likeness (QED) is 0.355. The second-order valence-corrected chi connectivity index (χ2v) is 5.47. The standard InChI is InChI=1S/C19H33N/c1-8-12-14-20-17(7)19(16(6)13-9-2)18(11-4)15(5)10-3/h11-12,14-15H,8-10,13H2,1-7H3/b14-12+,18-11-,19-16-,20-17+. The van der Waals surface area contributed by atoms with Gasteiger partial charge in [0.15, 0.2) is 0 Å². The first-order chi connectivity index (χ1) is 9.53. The van der Waals surface area contributed by atoms with Crippen LogP contribution in [0.4, 0.5) is 0 Å². The SMILES string of the molecule is C\C=C(C(/C(C)=N/C=C/CC)=C(/C)CCC)\C(C)CC. The van der Waals surface area contributed by atoms with Crippen molar-refractivity contribution in [1.82, 2.24) is 0 Å². The van der Waals surface area contributed by atoms with E-state index in [4.69, 9.17) is 0 Å². The summed E-state index contributed by atoms with van der Waals surface area (Å²) in [5.41, 5.74) is 5.44. The van der Waals surface area contributed by atoms with Crippen LogP contribution in [0.3, 0.4) is 0 Å². The average molecular weight is 275 g/mol. The summed E-state index contributed by atoms with van der Waals surface area (Å²) < 4.78 is 0. The maximum Gasteiger partial charge on any atom is 0.0446 e. The summed E-state index contributed by atoms with van der Waals surface area (Å²) in [6, 6.07) is 0. The smallest absolute Gasteiger partial charge is 0.0446 e. The van der Waals surface area contributed by atoms with E-state index in [0.717, 1.165) is 18.6 Å². The van der Waals surface area contributed by atoms with Crippen molar-refractivity contribution in [3.05, 3.63) is 35.1 Å². The van der Waals surface area contributed by atoms with Crippen LogP contribution in [-0.4, -0.2) is 5.71 Å². The molecule has 1 nitrogen and oxygen atoms in total. The van der Waals surface area contributed by atoms with E-state index >= 15 is 0 Å². The fourth-order valence-electron chi connectivity index (χ4n) is 2.49. The van der Waals surface area contributed by atoms with Crippen molar-refractivity contribution in [3.8, 4) is 0 Å². The topological polar surface area (TPSA) is 12.4 Å². The van der Waals surface area contributed by atoms with E-state index < -0.39 is 0 Å². The van der Waals surface area contributed by atoms with E-state index in [0.29, 0.717) is 5.92 Å². The van der Waals surface area contributed by atoms with E-state index in [9.17, 15) is 0 Å². The van der Waals surface area contributed by atoms with Crippen LogP contribution in [0.1, 0.15) is 74.1 Å². The van der Waals surface area contributed by atoms with Crippen molar-refractivity contribution in [3.63, 3.8) is 0 Å². The normalized spacial score (nSPS) is 16.6. The molecule has 0 rings (SSSR count). The molecule has 0 amide bonds. The highest BCUT2D eigenvalue weighted by Crippen LogP contribution is 2.28. The Hall–Kier alpha value is -1.11. The zero-order valence-electron chi connectivity index (χ0n) is 14.6. The van der Waals surface area contributed by atoms with Crippen molar-refractivity contribution in [2.75, 3.05) is 0 Å². The van der Waals surface area contributed by atoms with Crippen molar-refractivity contribution in [2.24, 2.45) is 10.9 Å². The molecule has 0 radical (unpaired) electrons. The fourth-order valence-corrected chi connectivity index (χ4v) is 2.49. The highest BCUT2D eigenvalue weighted by atomic mass is 14.7. The van der Waals surface area contributed by atoms with Gasteiger partial charge in [-0.05, 0) is 57.1 Å². The molecule has 0 aromatic heterocycles. The number of rotatable bonds is 8. The minimum absolute atomic E-state index is 0.585. The Bertz CT molecular complexity index is 394. The van der Waals surface area contributed by atoms with E-state index in [2.05, 4.69) is 65.6 Å². The summed E-state index contributed by atoms with van der Waals surface area (Å²) in [5.74, 6) is 0.585. The molecule has 0 aliphatic rings. The number of aliphatic imine (C=N–C) groups is 1. The van der Waals surface area contributed by atoms with Gasteiger partial charge in [0.05, 0.1) is 0 Å². The third-order valence-corrected chi connectivity index (χ3v) is 3.77.